The topological polar surface area (TPSA) is 69.6 Å². The maximum Gasteiger partial charge on any atom is 0.320 e. The second-order valence-electron chi connectivity index (χ2n) is 5.19. The molecule has 1 saturated heterocycles. The van der Waals surface area contributed by atoms with Gasteiger partial charge >= 0.3 is 5.97 Å². The smallest absolute Gasteiger partial charge is 0.320 e. The van der Waals surface area contributed by atoms with E-state index in [-0.39, 0.29) is 5.91 Å². The van der Waals surface area contributed by atoms with Crippen molar-refractivity contribution >= 4 is 33.5 Å². The third-order valence-corrected chi connectivity index (χ3v) is 4.18. The average molecular weight is 355 g/mol. The number of amides is 1. The minimum absolute atomic E-state index is 0.0907. The summed E-state index contributed by atoms with van der Waals surface area (Å²) in [5.74, 6) is -0.880. The van der Waals surface area contributed by atoms with Crippen LogP contribution in [0, 0.1) is 0 Å². The number of hydrogen-bond donors (Lipinski definition) is 2. The van der Waals surface area contributed by atoms with Crippen molar-refractivity contribution in [1.82, 2.24) is 4.90 Å². The zero-order chi connectivity index (χ0) is 15.2. The van der Waals surface area contributed by atoms with Crippen molar-refractivity contribution in [3.8, 4) is 0 Å². The summed E-state index contributed by atoms with van der Waals surface area (Å²) >= 11 is 3.34. The number of nitrogens with one attached hydrogen (secondary N) is 1. The molecule has 21 heavy (non-hydrogen) atoms. The van der Waals surface area contributed by atoms with Crippen molar-refractivity contribution in [2.45, 2.75) is 31.7 Å². The molecular formula is C15H19BrN2O3. The lowest BCUT2D eigenvalue weighted by Crippen LogP contribution is -2.45. The first-order valence-corrected chi connectivity index (χ1v) is 7.88. The van der Waals surface area contributed by atoms with Crippen LogP contribution in [0.2, 0.25) is 0 Å². The molecule has 1 aromatic rings. The quantitative estimate of drug-likeness (QED) is 0.852. The van der Waals surface area contributed by atoms with E-state index in [9.17, 15) is 14.7 Å². The molecule has 6 heteroatoms. The zero-order valence-corrected chi connectivity index (χ0v) is 13.3. The Morgan fingerprint density at radius 2 is 2.00 bits per heavy atom. The molecule has 5 nitrogen and oxygen atoms in total. The molecule has 0 saturated carbocycles. The molecule has 2 N–H and O–H groups in total. The van der Waals surface area contributed by atoms with Crippen molar-refractivity contribution in [2.75, 3.05) is 18.4 Å². The summed E-state index contributed by atoms with van der Waals surface area (Å²) in [6.07, 6.45) is 2.92. The van der Waals surface area contributed by atoms with Gasteiger partial charge in [0, 0.05) is 23.1 Å². The van der Waals surface area contributed by atoms with Crippen molar-refractivity contribution in [1.29, 1.82) is 0 Å². The third-order valence-electron chi connectivity index (χ3n) is 3.65. The highest BCUT2D eigenvalue weighted by molar-refractivity contribution is 9.10. The Kier molecular flexibility index (Phi) is 5.76. The third kappa shape index (κ3) is 4.82. The van der Waals surface area contributed by atoms with E-state index in [0.717, 1.165) is 29.5 Å². The Hall–Kier alpha value is -1.40. The molecule has 0 radical (unpaired) electrons. The number of piperidine rings is 1. The number of likely N-dealkylation sites (tertiary alicyclic amines) is 1. The Morgan fingerprint density at radius 3 is 2.67 bits per heavy atom. The number of carbonyl (C=O) groups excluding carboxylic acids is 1. The highest BCUT2D eigenvalue weighted by atomic mass is 79.9. The number of aliphatic carboxylic acids is 1. The van der Waals surface area contributed by atoms with E-state index < -0.39 is 12.0 Å². The van der Waals surface area contributed by atoms with Gasteiger partial charge < -0.3 is 10.4 Å². The molecule has 0 aliphatic carbocycles. The second-order valence-corrected chi connectivity index (χ2v) is 6.11. The number of benzene rings is 1. The molecule has 1 aliphatic rings. The zero-order valence-electron chi connectivity index (χ0n) is 11.7. The Bertz CT molecular complexity index is 504. The van der Waals surface area contributed by atoms with Crippen LogP contribution in [0.3, 0.4) is 0 Å². The lowest BCUT2D eigenvalue weighted by molar-refractivity contribution is -0.144. The number of nitrogens with zero attached hydrogens (tertiary/aromatic N) is 1. The molecule has 2 rings (SSSR count). The van der Waals surface area contributed by atoms with Crippen LogP contribution in [0.15, 0.2) is 28.7 Å². The molecular weight excluding hydrogens is 336 g/mol. The van der Waals surface area contributed by atoms with Crippen LogP contribution in [0.5, 0.6) is 0 Å². The van der Waals surface area contributed by atoms with E-state index in [0.29, 0.717) is 19.4 Å². The molecule has 0 spiro atoms. The van der Waals surface area contributed by atoms with E-state index in [4.69, 9.17) is 0 Å². The number of anilines is 1. The average Bonchev–Trinajstić information content (AvgIpc) is 2.48. The number of hydrogen-bond acceptors (Lipinski definition) is 3. The van der Waals surface area contributed by atoms with E-state index in [1.54, 1.807) is 0 Å². The van der Waals surface area contributed by atoms with Gasteiger partial charge in [-0.3, -0.25) is 14.5 Å². The van der Waals surface area contributed by atoms with Crippen molar-refractivity contribution in [3.63, 3.8) is 0 Å². The van der Waals surface area contributed by atoms with Gasteiger partial charge in [-0.05, 0) is 43.7 Å². The standard InChI is InChI=1S/C15H19BrN2O3/c16-11-4-6-12(7-5-11)17-14(19)8-10-18-9-2-1-3-13(18)15(20)21/h4-7,13H,1-3,8-10H2,(H,17,19)(H,20,21). The minimum Gasteiger partial charge on any atom is -0.480 e. The Balaban J connectivity index is 1.82. The highest BCUT2D eigenvalue weighted by Crippen LogP contribution is 2.18. The first-order valence-electron chi connectivity index (χ1n) is 7.08. The lowest BCUT2D eigenvalue weighted by atomic mass is 10.0. The number of carboxylic acids is 1. The van der Waals surface area contributed by atoms with Gasteiger partial charge in [0.05, 0.1) is 0 Å². The maximum atomic E-state index is 11.9. The maximum absolute atomic E-state index is 11.9. The molecule has 1 heterocycles. The summed E-state index contributed by atoms with van der Waals surface area (Å²) in [7, 11) is 0. The second kappa shape index (κ2) is 7.56. The monoisotopic (exact) mass is 354 g/mol. The fourth-order valence-electron chi connectivity index (χ4n) is 2.54. The summed E-state index contributed by atoms with van der Waals surface area (Å²) in [5, 5.41) is 12.0. The first-order chi connectivity index (χ1) is 10.1. The minimum atomic E-state index is -0.789. The molecule has 1 fully saturated rings. The Labute approximate surface area is 132 Å². The van der Waals surface area contributed by atoms with Crippen LogP contribution in [0.4, 0.5) is 5.69 Å². The molecule has 1 atom stereocenters. The molecule has 0 bridgehead atoms. The van der Waals surface area contributed by atoms with Crippen LogP contribution in [-0.4, -0.2) is 41.0 Å². The predicted molar refractivity (Wildman–Crippen MR) is 84.2 cm³/mol. The van der Waals surface area contributed by atoms with E-state index in [1.807, 2.05) is 29.2 Å². The van der Waals surface area contributed by atoms with Crippen molar-refractivity contribution in [2.24, 2.45) is 0 Å². The van der Waals surface area contributed by atoms with Crippen molar-refractivity contribution < 1.29 is 14.7 Å². The van der Waals surface area contributed by atoms with Gasteiger partial charge in [-0.1, -0.05) is 22.4 Å². The molecule has 0 aromatic heterocycles. The molecule has 1 aromatic carbocycles. The normalized spacial score (nSPS) is 19.2. The fraction of sp³-hybridized carbons (Fsp3) is 0.467. The van der Waals surface area contributed by atoms with E-state index in [2.05, 4.69) is 21.2 Å². The van der Waals surface area contributed by atoms with Crippen LogP contribution >= 0.6 is 15.9 Å². The van der Waals surface area contributed by atoms with Gasteiger partial charge in [0.1, 0.15) is 6.04 Å². The molecule has 1 amide bonds. The summed E-state index contributed by atoms with van der Waals surface area (Å²) in [5.41, 5.74) is 0.747. The summed E-state index contributed by atoms with van der Waals surface area (Å²) in [4.78, 5) is 25.0. The summed E-state index contributed by atoms with van der Waals surface area (Å²) in [6.45, 7) is 1.24. The molecule has 1 aliphatic heterocycles. The van der Waals surface area contributed by atoms with Gasteiger partial charge in [0.2, 0.25) is 5.91 Å². The predicted octanol–water partition coefficient (Wildman–Crippen LogP) is 2.72. The SMILES string of the molecule is O=C(CCN1CCCCC1C(=O)O)Nc1ccc(Br)cc1. The number of halogens is 1. The number of rotatable bonds is 5. The van der Waals surface area contributed by atoms with Crippen LogP contribution < -0.4 is 5.32 Å². The number of carbonyl (C=O) groups is 2. The van der Waals surface area contributed by atoms with Crippen molar-refractivity contribution in [3.05, 3.63) is 28.7 Å². The number of carboxylic acid groups (broad SMARTS) is 1. The van der Waals surface area contributed by atoms with Gasteiger partial charge in [0.15, 0.2) is 0 Å². The Morgan fingerprint density at radius 1 is 1.29 bits per heavy atom. The highest BCUT2D eigenvalue weighted by Gasteiger charge is 2.28. The molecule has 1 unspecified atom stereocenters. The summed E-state index contributed by atoms with van der Waals surface area (Å²) in [6, 6.07) is 6.92. The largest absolute Gasteiger partial charge is 0.480 e. The van der Waals surface area contributed by atoms with E-state index in [1.165, 1.54) is 0 Å². The lowest BCUT2D eigenvalue weighted by Gasteiger charge is -2.32. The fourth-order valence-corrected chi connectivity index (χ4v) is 2.80. The van der Waals surface area contributed by atoms with Gasteiger partial charge in [-0.25, -0.2) is 0 Å². The van der Waals surface area contributed by atoms with Gasteiger partial charge in [-0.2, -0.15) is 0 Å². The molecule has 114 valence electrons. The van der Waals surface area contributed by atoms with Crippen LogP contribution in [0.1, 0.15) is 25.7 Å². The van der Waals surface area contributed by atoms with Crippen LogP contribution in [0.25, 0.3) is 0 Å². The van der Waals surface area contributed by atoms with Gasteiger partial charge in [0.25, 0.3) is 0 Å². The summed E-state index contributed by atoms with van der Waals surface area (Å²) < 4.78 is 0.957. The van der Waals surface area contributed by atoms with Gasteiger partial charge in [-0.15, -0.1) is 0 Å². The van der Waals surface area contributed by atoms with E-state index >= 15 is 0 Å². The van der Waals surface area contributed by atoms with Crippen LogP contribution in [-0.2, 0) is 9.59 Å². The first kappa shape index (κ1) is 16.0.